The number of hydrogen-bond donors (Lipinski definition) is 1. The summed E-state index contributed by atoms with van der Waals surface area (Å²) in [4.78, 5) is 0. The molecule has 0 radical (unpaired) electrons. The Labute approximate surface area is 123 Å². The first-order valence-electron chi connectivity index (χ1n) is 6.99. The molecule has 1 heterocycles. The predicted octanol–water partition coefficient (Wildman–Crippen LogP) is 4.15. The molecule has 0 atom stereocenters. The molecule has 0 aliphatic carbocycles. The molecule has 5 heteroatoms. The summed E-state index contributed by atoms with van der Waals surface area (Å²) in [5.41, 5.74) is 3.24. The van der Waals surface area contributed by atoms with Crippen molar-refractivity contribution in [2.24, 2.45) is 0 Å². The van der Waals surface area contributed by atoms with Gasteiger partial charge in [-0.05, 0) is 44.4 Å². The van der Waals surface area contributed by atoms with Crippen molar-refractivity contribution in [1.82, 2.24) is 10.2 Å². The molecule has 0 aliphatic heterocycles. The van der Waals surface area contributed by atoms with E-state index in [1.165, 1.54) is 17.7 Å². The van der Waals surface area contributed by atoms with Crippen LogP contribution in [-0.2, 0) is 12.3 Å². The number of aryl methyl sites for hydroxylation is 2. The molecule has 0 saturated heterocycles. The summed E-state index contributed by atoms with van der Waals surface area (Å²) in [5.74, 6) is -2.36. The van der Waals surface area contributed by atoms with Gasteiger partial charge in [-0.3, -0.25) is 5.10 Å². The maximum absolute atomic E-state index is 13.2. The number of aromatic amines is 1. The quantitative estimate of drug-likeness (QED) is 0.813. The fraction of sp³-hybridized carbons (Fsp3) is 0.438. The van der Waals surface area contributed by atoms with Crippen LogP contribution in [0.3, 0.4) is 0 Å². The van der Waals surface area contributed by atoms with Gasteiger partial charge in [-0.25, -0.2) is 8.78 Å². The van der Waals surface area contributed by atoms with Gasteiger partial charge in [0, 0.05) is 18.2 Å². The first-order valence-corrected chi connectivity index (χ1v) is 6.99. The van der Waals surface area contributed by atoms with E-state index in [1.807, 2.05) is 13.8 Å². The van der Waals surface area contributed by atoms with Crippen molar-refractivity contribution in [1.29, 1.82) is 0 Å². The van der Waals surface area contributed by atoms with Crippen molar-refractivity contribution in [3.05, 3.63) is 46.8 Å². The van der Waals surface area contributed by atoms with E-state index in [0.717, 1.165) is 31.2 Å². The van der Waals surface area contributed by atoms with Crippen molar-refractivity contribution >= 4 is 0 Å². The van der Waals surface area contributed by atoms with Crippen molar-refractivity contribution in [3.8, 4) is 5.75 Å². The molecule has 2 aromatic rings. The minimum Gasteiger partial charge on any atom is -0.494 e. The standard InChI is InChI=1S/C16H20F2N2O/c1-11-15(12(2)20-19-11)8-5-9-21-14-7-4-6-13(10-14)16(3,17)18/h4,6-7,10H,5,8-9H2,1-3H3,(H,19,20). The third kappa shape index (κ3) is 4.03. The molecule has 0 spiro atoms. The highest BCUT2D eigenvalue weighted by molar-refractivity contribution is 5.31. The van der Waals surface area contributed by atoms with Gasteiger partial charge in [-0.1, -0.05) is 12.1 Å². The molecule has 21 heavy (non-hydrogen) atoms. The molecule has 1 N–H and O–H groups in total. The van der Waals surface area contributed by atoms with Gasteiger partial charge in [0.05, 0.1) is 12.3 Å². The summed E-state index contributed by atoms with van der Waals surface area (Å²) in [6.07, 6.45) is 1.67. The molecule has 3 nitrogen and oxygen atoms in total. The topological polar surface area (TPSA) is 37.9 Å². The van der Waals surface area contributed by atoms with Gasteiger partial charge < -0.3 is 4.74 Å². The van der Waals surface area contributed by atoms with Crippen LogP contribution in [0.25, 0.3) is 0 Å². The van der Waals surface area contributed by atoms with Gasteiger partial charge in [0.25, 0.3) is 5.92 Å². The Morgan fingerprint density at radius 2 is 2.05 bits per heavy atom. The normalized spacial score (nSPS) is 11.7. The highest BCUT2D eigenvalue weighted by Gasteiger charge is 2.24. The van der Waals surface area contributed by atoms with Gasteiger partial charge in [-0.15, -0.1) is 0 Å². The van der Waals surface area contributed by atoms with Gasteiger partial charge in [0.15, 0.2) is 0 Å². The van der Waals surface area contributed by atoms with Crippen LogP contribution in [0.1, 0.15) is 35.9 Å². The lowest BCUT2D eigenvalue weighted by atomic mass is 10.1. The first kappa shape index (κ1) is 15.5. The van der Waals surface area contributed by atoms with Crippen molar-refractivity contribution in [2.45, 2.75) is 39.5 Å². The van der Waals surface area contributed by atoms with Crippen molar-refractivity contribution in [3.63, 3.8) is 0 Å². The lowest BCUT2D eigenvalue weighted by Crippen LogP contribution is -2.07. The lowest BCUT2D eigenvalue weighted by Gasteiger charge is -2.12. The lowest BCUT2D eigenvalue weighted by molar-refractivity contribution is 0.0172. The Morgan fingerprint density at radius 3 is 2.67 bits per heavy atom. The second-order valence-electron chi connectivity index (χ2n) is 5.28. The summed E-state index contributed by atoms with van der Waals surface area (Å²) in [7, 11) is 0. The van der Waals surface area contributed by atoms with Crippen LogP contribution in [-0.4, -0.2) is 16.8 Å². The summed E-state index contributed by atoms with van der Waals surface area (Å²) in [5, 5.41) is 7.09. The number of benzene rings is 1. The number of nitrogens with zero attached hydrogens (tertiary/aromatic N) is 1. The smallest absolute Gasteiger partial charge is 0.270 e. The minimum absolute atomic E-state index is 0.0264. The molecular weight excluding hydrogens is 274 g/mol. The molecule has 0 fully saturated rings. The van der Waals surface area contributed by atoms with Gasteiger partial charge in [-0.2, -0.15) is 5.10 Å². The fourth-order valence-corrected chi connectivity index (χ4v) is 2.24. The predicted molar refractivity (Wildman–Crippen MR) is 77.9 cm³/mol. The van der Waals surface area contributed by atoms with Gasteiger partial charge in [0.1, 0.15) is 5.75 Å². The third-order valence-electron chi connectivity index (χ3n) is 3.46. The summed E-state index contributed by atoms with van der Waals surface area (Å²) in [6, 6.07) is 6.09. The van der Waals surface area contributed by atoms with Crippen LogP contribution in [0, 0.1) is 13.8 Å². The fourth-order valence-electron chi connectivity index (χ4n) is 2.24. The molecule has 1 aromatic carbocycles. The minimum atomic E-state index is -2.84. The van der Waals surface area contributed by atoms with Crippen LogP contribution in [0.4, 0.5) is 8.78 Å². The second kappa shape index (κ2) is 6.24. The van der Waals surface area contributed by atoms with E-state index in [4.69, 9.17) is 4.74 Å². The molecule has 0 unspecified atom stereocenters. The number of hydrogen-bond acceptors (Lipinski definition) is 2. The van der Waals surface area contributed by atoms with Crippen molar-refractivity contribution < 1.29 is 13.5 Å². The number of alkyl halides is 2. The molecule has 0 saturated carbocycles. The number of H-pyrrole nitrogens is 1. The van der Waals surface area contributed by atoms with Gasteiger partial charge in [0.2, 0.25) is 0 Å². The Hall–Kier alpha value is -1.91. The van der Waals surface area contributed by atoms with Crippen molar-refractivity contribution in [2.75, 3.05) is 6.61 Å². The van der Waals surface area contributed by atoms with Crippen LogP contribution in [0.5, 0.6) is 5.75 Å². The average molecular weight is 294 g/mol. The maximum Gasteiger partial charge on any atom is 0.270 e. The van der Waals surface area contributed by atoms with E-state index in [-0.39, 0.29) is 5.56 Å². The van der Waals surface area contributed by atoms with Crippen LogP contribution < -0.4 is 4.74 Å². The second-order valence-corrected chi connectivity index (χ2v) is 5.28. The highest BCUT2D eigenvalue weighted by atomic mass is 19.3. The van der Waals surface area contributed by atoms with Crippen LogP contribution >= 0.6 is 0 Å². The zero-order valence-electron chi connectivity index (χ0n) is 12.5. The molecule has 0 bridgehead atoms. The monoisotopic (exact) mass is 294 g/mol. The number of aromatic nitrogens is 2. The Balaban J connectivity index is 1.87. The molecule has 0 aliphatic rings. The molecular formula is C16H20F2N2O. The maximum atomic E-state index is 13.2. The Morgan fingerprint density at radius 1 is 1.29 bits per heavy atom. The summed E-state index contributed by atoms with van der Waals surface area (Å²) in [6.45, 7) is 5.33. The van der Waals surface area contributed by atoms with E-state index in [0.29, 0.717) is 12.4 Å². The number of ether oxygens (including phenoxy) is 1. The highest BCUT2D eigenvalue weighted by Crippen LogP contribution is 2.29. The zero-order chi connectivity index (χ0) is 15.5. The van der Waals surface area contributed by atoms with E-state index < -0.39 is 5.92 Å². The Bertz CT molecular complexity index is 583. The zero-order valence-corrected chi connectivity index (χ0v) is 12.5. The molecule has 0 amide bonds. The third-order valence-corrected chi connectivity index (χ3v) is 3.46. The summed E-state index contributed by atoms with van der Waals surface area (Å²) >= 11 is 0. The largest absolute Gasteiger partial charge is 0.494 e. The average Bonchev–Trinajstić information content (AvgIpc) is 2.74. The number of rotatable bonds is 6. The van der Waals surface area contributed by atoms with E-state index in [9.17, 15) is 8.78 Å². The van der Waals surface area contributed by atoms with E-state index >= 15 is 0 Å². The molecule has 2 rings (SSSR count). The summed E-state index contributed by atoms with van der Waals surface area (Å²) < 4.78 is 32.0. The molecule has 1 aromatic heterocycles. The number of halogens is 2. The van der Waals surface area contributed by atoms with E-state index in [1.54, 1.807) is 12.1 Å². The first-order chi connectivity index (χ1) is 9.88. The number of nitrogens with one attached hydrogen (secondary N) is 1. The van der Waals surface area contributed by atoms with Crippen LogP contribution in [0.15, 0.2) is 24.3 Å². The Kier molecular flexibility index (Phi) is 4.60. The van der Waals surface area contributed by atoms with E-state index in [2.05, 4.69) is 10.2 Å². The van der Waals surface area contributed by atoms with Gasteiger partial charge >= 0.3 is 0 Å². The molecule has 114 valence electrons. The van der Waals surface area contributed by atoms with Crippen LogP contribution in [0.2, 0.25) is 0 Å². The SMILES string of the molecule is Cc1n[nH]c(C)c1CCCOc1cccc(C(C)(F)F)c1.